The van der Waals surface area contributed by atoms with Gasteiger partial charge in [0, 0.05) is 15.9 Å². The van der Waals surface area contributed by atoms with E-state index in [1.165, 1.54) is 0 Å². The lowest BCUT2D eigenvalue weighted by Crippen LogP contribution is -2.26. The van der Waals surface area contributed by atoms with Crippen LogP contribution in [0.1, 0.15) is 29.0 Å². The topological polar surface area (TPSA) is 76.0 Å². The standard InChI is InChI=1S/C20H19IO5/c21-17-7-5-15(6-8-17)16-9-18(20(23)24)26-19(10-16)25-12-14-3-1-13(11-22)2-4-14/h1-9,16,19,22H,10-12H2,(H,23,24)/t16-,19+/m0/s1. The van der Waals surface area contributed by atoms with Crippen LogP contribution in [0.3, 0.4) is 0 Å². The van der Waals surface area contributed by atoms with Crippen LogP contribution >= 0.6 is 22.6 Å². The molecule has 2 aromatic carbocycles. The van der Waals surface area contributed by atoms with Crippen LogP contribution in [0.2, 0.25) is 0 Å². The minimum absolute atomic E-state index is 0.00265. The molecule has 0 amide bonds. The van der Waals surface area contributed by atoms with E-state index in [1.807, 2.05) is 48.5 Å². The number of carboxylic acid groups (broad SMARTS) is 1. The summed E-state index contributed by atoms with van der Waals surface area (Å²) in [7, 11) is 0. The van der Waals surface area contributed by atoms with Crippen molar-refractivity contribution < 1.29 is 24.5 Å². The van der Waals surface area contributed by atoms with E-state index >= 15 is 0 Å². The molecule has 3 rings (SSSR count). The van der Waals surface area contributed by atoms with Gasteiger partial charge in [0.05, 0.1) is 13.2 Å². The van der Waals surface area contributed by atoms with Crippen LogP contribution in [0.25, 0.3) is 0 Å². The van der Waals surface area contributed by atoms with Crippen LogP contribution < -0.4 is 0 Å². The van der Waals surface area contributed by atoms with Gasteiger partial charge in [-0.2, -0.15) is 0 Å². The summed E-state index contributed by atoms with van der Waals surface area (Å²) < 4.78 is 12.4. The molecule has 2 N–H and O–H groups in total. The fraction of sp³-hybridized carbons (Fsp3) is 0.250. The second kappa shape index (κ2) is 8.66. The normalized spacial score (nSPS) is 19.5. The average Bonchev–Trinajstić information content (AvgIpc) is 2.67. The maximum atomic E-state index is 11.4. The van der Waals surface area contributed by atoms with Crippen molar-refractivity contribution in [3.63, 3.8) is 0 Å². The fourth-order valence-electron chi connectivity index (χ4n) is 2.78. The summed E-state index contributed by atoms with van der Waals surface area (Å²) >= 11 is 2.24. The zero-order valence-electron chi connectivity index (χ0n) is 14.0. The van der Waals surface area contributed by atoms with Gasteiger partial charge < -0.3 is 19.7 Å². The quantitative estimate of drug-likeness (QED) is 0.634. The summed E-state index contributed by atoms with van der Waals surface area (Å²) in [5, 5.41) is 18.4. The van der Waals surface area contributed by atoms with Gasteiger partial charge in [0.2, 0.25) is 12.0 Å². The highest BCUT2D eigenvalue weighted by Gasteiger charge is 2.28. The molecule has 0 fully saturated rings. The summed E-state index contributed by atoms with van der Waals surface area (Å²) in [6.07, 6.45) is 1.56. The number of aliphatic hydroxyl groups excluding tert-OH is 1. The Kier molecular flexibility index (Phi) is 6.29. The van der Waals surface area contributed by atoms with E-state index in [2.05, 4.69) is 22.6 Å². The predicted octanol–water partition coefficient (Wildman–Crippen LogP) is 3.80. The monoisotopic (exact) mass is 466 g/mol. The van der Waals surface area contributed by atoms with E-state index in [1.54, 1.807) is 6.08 Å². The highest BCUT2D eigenvalue weighted by molar-refractivity contribution is 14.1. The number of rotatable bonds is 6. The van der Waals surface area contributed by atoms with Crippen molar-refractivity contribution in [2.75, 3.05) is 0 Å². The van der Waals surface area contributed by atoms with Gasteiger partial charge in [0.15, 0.2) is 0 Å². The van der Waals surface area contributed by atoms with E-state index in [0.29, 0.717) is 13.0 Å². The van der Waals surface area contributed by atoms with Crippen molar-refractivity contribution >= 4 is 28.6 Å². The Morgan fingerprint density at radius 3 is 2.38 bits per heavy atom. The zero-order valence-corrected chi connectivity index (χ0v) is 16.1. The van der Waals surface area contributed by atoms with Crippen molar-refractivity contribution in [1.29, 1.82) is 0 Å². The molecular weight excluding hydrogens is 447 g/mol. The van der Waals surface area contributed by atoms with E-state index in [0.717, 1.165) is 20.3 Å². The molecule has 0 radical (unpaired) electrons. The first-order chi connectivity index (χ1) is 12.5. The van der Waals surface area contributed by atoms with Gasteiger partial charge >= 0.3 is 5.97 Å². The Morgan fingerprint density at radius 2 is 1.77 bits per heavy atom. The smallest absolute Gasteiger partial charge is 0.370 e. The van der Waals surface area contributed by atoms with Gasteiger partial charge in [-0.25, -0.2) is 4.79 Å². The molecule has 1 aliphatic heterocycles. The number of hydrogen-bond acceptors (Lipinski definition) is 4. The summed E-state index contributed by atoms with van der Waals surface area (Å²) in [6.45, 7) is 0.306. The van der Waals surface area contributed by atoms with Gasteiger partial charge in [0.25, 0.3) is 0 Å². The van der Waals surface area contributed by atoms with Crippen LogP contribution in [-0.2, 0) is 27.5 Å². The van der Waals surface area contributed by atoms with E-state index in [-0.39, 0.29) is 18.3 Å². The lowest BCUT2D eigenvalue weighted by Gasteiger charge is -2.28. The lowest BCUT2D eigenvalue weighted by molar-refractivity contribution is -0.159. The molecule has 0 bridgehead atoms. The molecule has 6 heteroatoms. The van der Waals surface area contributed by atoms with Crippen LogP contribution in [0.4, 0.5) is 0 Å². The number of allylic oxidation sites excluding steroid dienone is 1. The summed E-state index contributed by atoms with van der Waals surface area (Å²) in [4.78, 5) is 11.4. The first-order valence-corrected chi connectivity index (χ1v) is 9.30. The number of ether oxygens (including phenoxy) is 2. The number of benzene rings is 2. The Labute approximate surface area is 165 Å². The van der Waals surface area contributed by atoms with Crippen molar-refractivity contribution in [1.82, 2.24) is 0 Å². The predicted molar refractivity (Wildman–Crippen MR) is 104 cm³/mol. The van der Waals surface area contributed by atoms with E-state index < -0.39 is 12.3 Å². The Bertz CT molecular complexity index is 783. The lowest BCUT2D eigenvalue weighted by atomic mass is 9.93. The molecule has 0 aromatic heterocycles. The van der Waals surface area contributed by atoms with Gasteiger partial charge in [-0.05, 0) is 57.5 Å². The number of aliphatic hydroxyl groups is 1. The average molecular weight is 466 g/mol. The van der Waals surface area contributed by atoms with Gasteiger partial charge in [-0.1, -0.05) is 36.4 Å². The number of carbonyl (C=O) groups is 1. The molecule has 26 heavy (non-hydrogen) atoms. The van der Waals surface area contributed by atoms with Crippen LogP contribution in [0, 0.1) is 3.57 Å². The molecule has 5 nitrogen and oxygen atoms in total. The first kappa shape index (κ1) is 18.9. The van der Waals surface area contributed by atoms with Gasteiger partial charge in [-0.15, -0.1) is 0 Å². The van der Waals surface area contributed by atoms with Crippen molar-refractivity contribution in [3.8, 4) is 0 Å². The number of aliphatic carboxylic acids is 1. The molecule has 0 unspecified atom stereocenters. The maximum absolute atomic E-state index is 11.4. The molecule has 0 spiro atoms. The third kappa shape index (κ3) is 4.84. The second-order valence-electron chi connectivity index (χ2n) is 6.06. The van der Waals surface area contributed by atoms with Crippen LogP contribution in [0.15, 0.2) is 60.4 Å². The summed E-state index contributed by atoms with van der Waals surface area (Å²) in [5.74, 6) is -1.25. The molecule has 2 aromatic rings. The first-order valence-electron chi connectivity index (χ1n) is 8.22. The summed E-state index contributed by atoms with van der Waals surface area (Å²) in [5.41, 5.74) is 2.80. The number of carboxylic acids is 1. The number of hydrogen-bond donors (Lipinski definition) is 2. The SMILES string of the molecule is O=C(O)C1=C[C@H](c2ccc(I)cc2)C[C@H](OCc2ccc(CO)cc2)O1. The third-order valence-corrected chi connectivity index (χ3v) is 4.93. The van der Waals surface area contributed by atoms with Crippen LogP contribution in [-0.4, -0.2) is 22.5 Å². The fourth-order valence-corrected chi connectivity index (χ4v) is 3.14. The van der Waals surface area contributed by atoms with Gasteiger partial charge in [-0.3, -0.25) is 0 Å². The molecule has 1 heterocycles. The van der Waals surface area contributed by atoms with Gasteiger partial charge in [0.1, 0.15) is 0 Å². The largest absolute Gasteiger partial charge is 0.475 e. The van der Waals surface area contributed by atoms with Crippen molar-refractivity contribution in [3.05, 3.63) is 80.6 Å². The molecule has 0 aliphatic carbocycles. The van der Waals surface area contributed by atoms with Crippen LogP contribution in [0.5, 0.6) is 0 Å². The molecular formula is C20H19IO5. The molecule has 2 atom stereocenters. The number of halogens is 1. The minimum atomic E-state index is -1.10. The molecule has 0 saturated heterocycles. The second-order valence-corrected chi connectivity index (χ2v) is 7.31. The molecule has 1 aliphatic rings. The minimum Gasteiger partial charge on any atom is -0.475 e. The van der Waals surface area contributed by atoms with E-state index in [9.17, 15) is 9.90 Å². The van der Waals surface area contributed by atoms with Crippen molar-refractivity contribution in [2.24, 2.45) is 0 Å². The molecule has 136 valence electrons. The van der Waals surface area contributed by atoms with Crippen molar-refractivity contribution in [2.45, 2.75) is 31.8 Å². The third-order valence-electron chi connectivity index (χ3n) is 4.21. The molecule has 0 saturated carbocycles. The van der Waals surface area contributed by atoms with E-state index in [4.69, 9.17) is 14.6 Å². The Balaban J connectivity index is 1.70. The Morgan fingerprint density at radius 1 is 1.12 bits per heavy atom. The zero-order chi connectivity index (χ0) is 18.5. The highest BCUT2D eigenvalue weighted by atomic mass is 127. The summed E-state index contributed by atoms with van der Waals surface area (Å²) in [6, 6.07) is 15.4. The Hall–Kier alpha value is -1.90. The maximum Gasteiger partial charge on any atom is 0.370 e. The highest BCUT2D eigenvalue weighted by Crippen LogP contribution is 2.32.